The molecule has 1 aliphatic heterocycles. The number of benzene rings is 3. The smallest absolute Gasteiger partial charge is 0.390 e. The molecule has 0 bridgehead atoms. The van der Waals surface area contributed by atoms with Crippen LogP contribution >= 0.6 is 0 Å². The van der Waals surface area contributed by atoms with Gasteiger partial charge in [0.05, 0.1) is 0 Å². The van der Waals surface area contributed by atoms with Crippen LogP contribution < -0.4 is 15.6 Å². The van der Waals surface area contributed by atoms with Crippen LogP contribution in [-0.4, -0.2) is 25.7 Å². The summed E-state index contributed by atoms with van der Waals surface area (Å²) in [7, 11) is -9.27. The fourth-order valence-corrected chi connectivity index (χ4v) is 18.2. The lowest BCUT2D eigenvalue weighted by molar-refractivity contribution is 0.265. The van der Waals surface area contributed by atoms with Crippen LogP contribution in [0.2, 0.25) is 0 Å². The highest BCUT2D eigenvalue weighted by Gasteiger charge is 2.62. The lowest BCUT2D eigenvalue weighted by Crippen LogP contribution is -2.80. The molecule has 150 valence electrons. The third kappa shape index (κ3) is 3.43. The largest absolute Gasteiger partial charge is 0.403 e. The molecule has 3 aromatic carbocycles. The van der Waals surface area contributed by atoms with Crippen molar-refractivity contribution >= 4 is 41.2 Å². The Labute approximate surface area is 181 Å². The van der Waals surface area contributed by atoms with Crippen molar-refractivity contribution < 1.29 is 12.3 Å². The monoisotopic (exact) mass is 444 g/mol. The lowest BCUT2D eigenvalue weighted by Gasteiger charge is -2.50. The number of rotatable bonds is 6. The summed E-state index contributed by atoms with van der Waals surface area (Å²) in [5.41, 5.74) is 5.45. The first-order chi connectivity index (χ1) is 14.6. The van der Waals surface area contributed by atoms with E-state index in [1.54, 1.807) is 11.4 Å². The molecule has 1 unspecified atom stereocenters. The maximum absolute atomic E-state index is 7.08. The first-order valence-electron chi connectivity index (χ1n) is 9.80. The van der Waals surface area contributed by atoms with Crippen molar-refractivity contribution in [3.05, 3.63) is 128 Å². The van der Waals surface area contributed by atoms with Crippen LogP contribution in [-0.2, 0) is 12.3 Å². The molecule has 0 aromatic heterocycles. The molecule has 1 fully saturated rings. The summed E-state index contributed by atoms with van der Waals surface area (Å²) in [6.07, 6.45) is 0. The Hall–Kier alpha value is -2.59. The fourth-order valence-electron chi connectivity index (χ4n) is 3.69. The van der Waals surface area contributed by atoms with Gasteiger partial charge in [0.25, 0.3) is 0 Å². The molecule has 0 saturated carbocycles. The minimum Gasteiger partial charge on any atom is -0.403 e. The molecule has 1 saturated heterocycles. The Morgan fingerprint density at radius 1 is 0.500 bits per heavy atom. The summed E-state index contributed by atoms with van der Waals surface area (Å²) in [4.78, 5) is 0. The highest BCUT2D eigenvalue weighted by molar-refractivity contribution is 7.10. The molecule has 0 spiro atoms. The second kappa shape index (κ2) is 8.27. The van der Waals surface area contributed by atoms with Gasteiger partial charge in [-0.2, -0.15) is 0 Å². The Morgan fingerprint density at radius 2 is 0.933 bits per heavy atom. The van der Waals surface area contributed by atoms with Gasteiger partial charge in [-0.25, -0.2) is 0 Å². The quantitative estimate of drug-likeness (QED) is 0.546. The molecule has 0 amide bonds. The molecule has 1 heterocycles. The summed E-state index contributed by atoms with van der Waals surface area (Å²) < 4.78 is 20.7. The third-order valence-electron chi connectivity index (χ3n) is 5.23. The second-order valence-electron chi connectivity index (χ2n) is 7.02. The minimum absolute atomic E-state index is 0.993. The standard InChI is InChI=1S/C24H24O3Si3/c1-4-28(5-2)25-29(6-3,22-16-10-7-11-17-22)27-30(26-28,23-18-12-8-13-19-23)24-20-14-9-15-21-24/h4-21H,1-3H2. The molecule has 3 aromatic rings. The highest BCUT2D eigenvalue weighted by atomic mass is 28.5. The molecule has 0 radical (unpaired) electrons. The zero-order valence-corrected chi connectivity index (χ0v) is 19.7. The maximum Gasteiger partial charge on any atom is 0.390 e. The molecule has 0 aliphatic carbocycles. The van der Waals surface area contributed by atoms with E-state index in [1.807, 2.05) is 72.4 Å². The molecular formula is C24H24O3Si3. The van der Waals surface area contributed by atoms with Crippen LogP contribution in [0.4, 0.5) is 0 Å². The molecule has 4 rings (SSSR count). The summed E-state index contributed by atoms with van der Waals surface area (Å²) in [5, 5.41) is 3.04. The van der Waals surface area contributed by atoms with Gasteiger partial charge in [0, 0.05) is 0 Å². The number of hydrogen-bond acceptors (Lipinski definition) is 3. The van der Waals surface area contributed by atoms with E-state index in [0.29, 0.717) is 0 Å². The van der Waals surface area contributed by atoms with Gasteiger partial charge >= 0.3 is 25.7 Å². The predicted octanol–water partition coefficient (Wildman–Crippen LogP) is 3.27. The average molecular weight is 445 g/mol. The molecule has 6 heteroatoms. The van der Waals surface area contributed by atoms with E-state index < -0.39 is 25.7 Å². The van der Waals surface area contributed by atoms with Gasteiger partial charge < -0.3 is 12.3 Å². The lowest BCUT2D eigenvalue weighted by atomic mass is 10.4. The van der Waals surface area contributed by atoms with Crippen LogP contribution in [0.15, 0.2) is 128 Å². The zero-order valence-electron chi connectivity index (χ0n) is 16.7. The summed E-state index contributed by atoms with van der Waals surface area (Å²) in [6.45, 7) is 12.3. The van der Waals surface area contributed by atoms with Crippen molar-refractivity contribution in [3.8, 4) is 0 Å². The Kier molecular flexibility index (Phi) is 5.70. The first-order valence-corrected chi connectivity index (χ1v) is 15.5. The van der Waals surface area contributed by atoms with Gasteiger partial charge in [-0.15, -0.1) is 19.7 Å². The van der Waals surface area contributed by atoms with E-state index in [2.05, 4.69) is 44.0 Å². The number of hydrogen-bond donors (Lipinski definition) is 0. The molecule has 1 aliphatic rings. The Bertz CT molecular complexity index is 994. The second-order valence-corrected chi connectivity index (χ2v) is 16.4. The van der Waals surface area contributed by atoms with Crippen molar-refractivity contribution in [3.63, 3.8) is 0 Å². The van der Waals surface area contributed by atoms with Crippen LogP contribution in [0, 0.1) is 0 Å². The van der Waals surface area contributed by atoms with Crippen LogP contribution in [0.3, 0.4) is 0 Å². The zero-order chi connectivity index (χ0) is 21.1. The normalized spacial score (nSPS) is 22.0. The Balaban J connectivity index is 2.03. The Morgan fingerprint density at radius 3 is 1.33 bits per heavy atom. The van der Waals surface area contributed by atoms with Gasteiger partial charge in [-0.1, -0.05) is 91.0 Å². The van der Waals surface area contributed by atoms with Crippen LogP contribution in [0.1, 0.15) is 0 Å². The predicted molar refractivity (Wildman–Crippen MR) is 129 cm³/mol. The SMILES string of the molecule is C=C[Si]1(C=C)O[Si](C=C)(c2ccccc2)O[Si](c2ccccc2)(c2ccccc2)O1. The average Bonchev–Trinajstić information content (AvgIpc) is 2.85. The van der Waals surface area contributed by atoms with E-state index in [0.717, 1.165) is 15.6 Å². The van der Waals surface area contributed by atoms with E-state index in [-0.39, 0.29) is 0 Å². The first kappa shape index (κ1) is 20.7. The van der Waals surface area contributed by atoms with Gasteiger partial charge in [0.1, 0.15) is 0 Å². The molecule has 0 N–H and O–H groups in total. The van der Waals surface area contributed by atoms with E-state index in [1.165, 1.54) is 0 Å². The van der Waals surface area contributed by atoms with E-state index in [4.69, 9.17) is 12.3 Å². The van der Waals surface area contributed by atoms with Crippen molar-refractivity contribution in [2.24, 2.45) is 0 Å². The van der Waals surface area contributed by atoms with Gasteiger partial charge in [-0.05, 0) is 32.7 Å². The maximum atomic E-state index is 7.08. The van der Waals surface area contributed by atoms with Crippen molar-refractivity contribution in [2.45, 2.75) is 0 Å². The minimum atomic E-state index is -3.17. The van der Waals surface area contributed by atoms with Crippen molar-refractivity contribution in [1.29, 1.82) is 0 Å². The van der Waals surface area contributed by atoms with Crippen LogP contribution in [0.25, 0.3) is 0 Å². The van der Waals surface area contributed by atoms with Crippen LogP contribution in [0.5, 0.6) is 0 Å². The van der Waals surface area contributed by atoms with Crippen molar-refractivity contribution in [2.75, 3.05) is 0 Å². The third-order valence-corrected chi connectivity index (χ3v) is 17.5. The van der Waals surface area contributed by atoms with Gasteiger partial charge in [0.15, 0.2) is 0 Å². The molecule has 1 atom stereocenters. The molecular weight excluding hydrogens is 421 g/mol. The summed E-state index contributed by atoms with van der Waals surface area (Å²) in [5.74, 6) is 0. The highest BCUT2D eigenvalue weighted by Crippen LogP contribution is 2.32. The van der Waals surface area contributed by atoms with Gasteiger partial charge in [0.2, 0.25) is 0 Å². The van der Waals surface area contributed by atoms with E-state index >= 15 is 0 Å². The summed E-state index contributed by atoms with van der Waals surface area (Å²) in [6, 6.07) is 30.4. The van der Waals surface area contributed by atoms with E-state index in [9.17, 15) is 0 Å². The topological polar surface area (TPSA) is 27.7 Å². The fraction of sp³-hybridized carbons (Fsp3) is 0. The van der Waals surface area contributed by atoms with Crippen molar-refractivity contribution in [1.82, 2.24) is 0 Å². The molecule has 30 heavy (non-hydrogen) atoms. The van der Waals surface area contributed by atoms with Gasteiger partial charge in [-0.3, -0.25) is 0 Å². The molecule has 3 nitrogen and oxygen atoms in total. The summed E-state index contributed by atoms with van der Waals surface area (Å²) >= 11 is 0.